The SMILES string of the molecule is N#CCC(O)Cn1cccc1C(=O)Nc1nc(C2CCCN2c2ccccc2)cs1. The first kappa shape index (κ1) is 20.1. The van der Waals surface area contributed by atoms with E-state index in [0.29, 0.717) is 10.8 Å². The highest BCUT2D eigenvalue weighted by Crippen LogP contribution is 2.37. The van der Waals surface area contributed by atoms with Crippen LogP contribution in [0.5, 0.6) is 0 Å². The standard InChI is InChI=1S/C22H23N5O2S/c23-11-10-17(28)14-26-12-4-9-20(26)21(29)25-22-24-18(15-30-22)19-8-5-13-27(19)16-6-2-1-3-7-16/h1-4,6-7,9,12,15,17,19,28H,5,8,10,13-14H2,(H,24,25,29). The van der Waals surface area contributed by atoms with Crippen LogP contribution in [-0.2, 0) is 6.54 Å². The number of nitriles is 1. The smallest absolute Gasteiger partial charge is 0.274 e. The van der Waals surface area contributed by atoms with Crippen LogP contribution < -0.4 is 10.2 Å². The Morgan fingerprint density at radius 1 is 1.33 bits per heavy atom. The molecule has 2 atom stereocenters. The van der Waals surface area contributed by atoms with Crippen LogP contribution in [-0.4, -0.2) is 33.2 Å². The van der Waals surface area contributed by atoms with Gasteiger partial charge < -0.3 is 14.6 Å². The third-order valence-electron chi connectivity index (χ3n) is 5.22. The second kappa shape index (κ2) is 9.11. The van der Waals surface area contributed by atoms with E-state index in [1.54, 1.807) is 22.9 Å². The van der Waals surface area contributed by atoms with Gasteiger partial charge in [-0.1, -0.05) is 18.2 Å². The number of carbonyl (C=O) groups excluding carboxylic acids is 1. The number of aromatic nitrogens is 2. The quantitative estimate of drug-likeness (QED) is 0.605. The number of aliphatic hydroxyl groups is 1. The number of rotatable bonds is 7. The zero-order valence-electron chi connectivity index (χ0n) is 16.4. The van der Waals surface area contributed by atoms with E-state index in [1.807, 2.05) is 29.6 Å². The van der Waals surface area contributed by atoms with Crippen molar-refractivity contribution in [1.29, 1.82) is 5.26 Å². The lowest BCUT2D eigenvalue weighted by atomic mass is 10.1. The molecule has 0 saturated carbocycles. The number of nitrogens with zero attached hydrogens (tertiary/aromatic N) is 4. The van der Waals surface area contributed by atoms with Crippen LogP contribution in [0.1, 0.15) is 41.5 Å². The second-order valence-corrected chi connectivity index (χ2v) is 8.14. The normalized spacial score (nSPS) is 16.9. The monoisotopic (exact) mass is 421 g/mol. The Labute approximate surface area is 179 Å². The van der Waals surface area contributed by atoms with E-state index in [9.17, 15) is 9.90 Å². The highest BCUT2D eigenvalue weighted by atomic mass is 32.1. The number of hydrogen-bond acceptors (Lipinski definition) is 6. The van der Waals surface area contributed by atoms with Crippen molar-refractivity contribution >= 4 is 28.1 Å². The van der Waals surface area contributed by atoms with Gasteiger partial charge in [0.15, 0.2) is 5.13 Å². The van der Waals surface area contributed by atoms with Gasteiger partial charge in [-0.25, -0.2) is 4.98 Å². The molecule has 1 saturated heterocycles. The summed E-state index contributed by atoms with van der Waals surface area (Å²) < 4.78 is 1.65. The maximum absolute atomic E-state index is 12.7. The average molecular weight is 422 g/mol. The minimum Gasteiger partial charge on any atom is -0.390 e. The minimum absolute atomic E-state index is 0.0222. The zero-order chi connectivity index (χ0) is 20.9. The van der Waals surface area contributed by atoms with Gasteiger partial charge in [-0.15, -0.1) is 11.3 Å². The number of thiazole rings is 1. The second-order valence-electron chi connectivity index (χ2n) is 7.28. The van der Waals surface area contributed by atoms with Crippen molar-refractivity contribution in [3.63, 3.8) is 0 Å². The van der Waals surface area contributed by atoms with Gasteiger partial charge in [0.1, 0.15) is 5.69 Å². The van der Waals surface area contributed by atoms with E-state index in [2.05, 4.69) is 27.3 Å². The van der Waals surface area contributed by atoms with Gasteiger partial charge in [0.05, 0.1) is 30.3 Å². The number of benzene rings is 1. The molecule has 0 radical (unpaired) electrons. The third-order valence-corrected chi connectivity index (χ3v) is 6.00. The van der Waals surface area contributed by atoms with Crippen molar-refractivity contribution in [3.8, 4) is 6.07 Å². The van der Waals surface area contributed by atoms with Crippen LogP contribution in [0.4, 0.5) is 10.8 Å². The summed E-state index contributed by atoms with van der Waals surface area (Å²) in [5, 5.41) is 24.0. The molecule has 2 unspecified atom stereocenters. The predicted molar refractivity (Wildman–Crippen MR) is 116 cm³/mol. The lowest BCUT2D eigenvalue weighted by Gasteiger charge is -2.25. The third kappa shape index (κ3) is 4.37. The molecule has 8 heteroatoms. The zero-order valence-corrected chi connectivity index (χ0v) is 17.3. The van der Waals surface area contributed by atoms with Crippen molar-refractivity contribution in [1.82, 2.24) is 9.55 Å². The Kier molecular flexibility index (Phi) is 6.12. The van der Waals surface area contributed by atoms with Crippen LogP contribution in [0.3, 0.4) is 0 Å². The number of aliphatic hydroxyl groups excluding tert-OH is 1. The topological polar surface area (TPSA) is 94.2 Å². The first-order chi connectivity index (χ1) is 14.7. The molecule has 2 aromatic heterocycles. The summed E-state index contributed by atoms with van der Waals surface area (Å²) >= 11 is 1.42. The van der Waals surface area contributed by atoms with E-state index >= 15 is 0 Å². The summed E-state index contributed by atoms with van der Waals surface area (Å²) in [7, 11) is 0. The molecule has 0 bridgehead atoms. The van der Waals surface area contributed by atoms with Crippen molar-refractivity contribution in [3.05, 3.63) is 65.4 Å². The minimum atomic E-state index is -0.813. The lowest BCUT2D eigenvalue weighted by Crippen LogP contribution is -2.23. The number of para-hydroxylation sites is 1. The predicted octanol–water partition coefficient (Wildman–Crippen LogP) is 3.81. The van der Waals surface area contributed by atoms with Crippen molar-refractivity contribution in [2.24, 2.45) is 0 Å². The Morgan fingerprint density at radius 3 is 2.97 bits per heavy atom. The summed E-state index contributed by atoms with van der Waals surface area (Å²) in [5.74, 6) is -0.281. The number of amides is 1. The summed E-state index contributed by atoms with van der Waals surface area (Å²) in [6.45, 7) is 1.19. The number of hydrogen-bond donors (Lipinski definition) is 2. The lowest BCUT2D eigenvalue weighted by molar-refractivity contribution is 0.101. The molecular weight excluding hydrogens is 398 g/mol. The molecule has 2 N–H and O–H groups in total. The first-order valence-corrected chi connectivity index (χ1v) is 10.8. The molecule has 154 valence electrons. The van der Waals surface area contributed by atoms with E-state index in [1.165, 1.54) is 17.0 Å². The van der Waals surface area contributed by atoms with Gasteiger partial charge in [0.25, 0.3) is 5.91 Å². The molecule has 3 aromatic rings. The molecular formula is C22H23N5O2S. The molecule has 1 aliphatic heterocycles. The van der Waals surface area contributed by atoms with Crippen LogP contribution in [0.15, 0.2) is 54.0 Å². The number of carbonyl (C=O) groups is 1. The Hall–Kier alpha value is -3.15. The number of anilines is 2. The fourth-order valence-electron chi connectivity index (χ4n) is 3.84. The van der Waals surface area contributed by atoms with Gasteiger partial charge in [-0.05, 0) is 37.1 Å². The molecule has 7 nitrogen and oxygen atoms in total. The van der Waals surface area contributed by atoms with Crippen LogP contribution in [0, 0.1) is 11.3 Å². The van der Waals surface area contributed by atoms with Crippen LogP contribution in [0.2, 0.25) is 0 Å². The van der Waals surface area contributed by atoms with Crippen LogP contribution in [0.25, 0.3) is 0 Å². The van der Waals surface area contributed by atoms with Gasteiger partial charge in [0, 0.05) is 30.4 Å². The first-order valence-electron chi connectivity index (χ1n) is 9.94. The Bertz CT molecular complexity index is 1040. The van der Waals surface area contributed by atoms with E-state index < -0.39 is 6.10 Å². The van der Waals surface area contributed by atoms with Gasteiger partial charge in [-0.3, -0.25) is 10.1 Å². The highest BCUT2D eigenvalue weighted by molar-refractivity contribution is 7.14. The Morgan fingerprint density at radius 2 is 2.17 bits per heavy atom. The molecule has 3 heterocycles. The maximum atomic E-state index is 12.7. The average Bonchev–Trinajstić information content (AvgIpc) is 3.49. The van der Waals surface area contributed by atoms with Crippen LogP contribution >= 0.6 is 11.3 Å². The number of nitrogens with one attached hydrogen (secondary N) is 1. The van der Waals surface area contributed by atoms with Crippen molar-refractivity contribution in [2.75, 3.05) is 16.8 Å². The summed E-state index contributed by atoms with van der Waals surface area (Å²) in [6.07, 6.45) is 3.07. The van der Waals surface area contributed by atoms with E-state index in [0.717, 1.165) is 25.1 Å². The Balaban J connectivity index is 1.45. The van der Waals surface area contributed by atoms with Gasteiger partial charge in [0.2, 0.25) is 0 Å². The van der Waals surface area contributed by atoms with Gasteiger partial charge in [-0.2, -0.15) is 5.26 Å². The largest absolute Gasteiger partial charge is 0.390 e. The van der Waals surface area contributed by atoms with Crippen molar-refractivity contribution < 1.29 is 9.90 Å². The van der Waals surface area contributed by atoms with Crippen molar-refractivity contribution in [2.45, 2.75) is 38.0 Å². The highest BCUT2D eigenvalue weighted by Gasteiger charge is 2.28. The molecule has 1 amide bonds. The van der Waals surface area contributed by atoms with Gasteiger partial charge >= 0.3 is 0 Å². The maximum Gasteiger partial charge on any atom is 0.274 e. The summed E-state index contributed by atoms with van der Waals surface area (Å²) in [6, 6.07) is 15.9. The molecule has 1 aliphatic rings. The fraction of sp³-hybridized carbons (Fsp3) is 0.318. The molecule has 1 aromatic carbocycles. The molecule has 0 spiro atoms. The van der Waals surface area contributed by atoms with E-state index in [4.69, 9.17) is 5.26 Å². The molecule has 0 aliphatic carbocycles. The summed E-state index contributed by atoms with van der Waals surface area (Å²) in [5.41, 5.74) is 2.58. The van der Waals surface area contributed by atoms with E-state index in [-0.39, 0.29) is 24.9 Å². The molecule has 30 heavy (non-hydrogen) atoms. The fourth-order valence-corrected chi connectivity index (χ4v) is 4.59. The molecule has 4 rings (SSSR count). The summed E-state index contributed by atoms with van der Waals surface area (Å²) in [4.78, 5) is 19.8. The molecule has 1 fully saturated rings.